The van der Waals surface area contributed by atoms with Gasteiger partial charge in [-0.05, 0) is 13.3 Å². The summed E-state index contributed by atoms with van der Waals surface area (Å²) in [7, 11) is 3.23. The van der Waals surface area contributed by atoms with Crippen LogP contribution in [0.1, 0.15) is 26.1 Å². The lowest BCUT2D eigenvalue weighted by atomic mass is 10.4. The number of rotatable bonds is 9. The summed E-state index contributed by atoms with van der Waals surface area (Å²) >= 11 is 0. The Labute approximate surface area is 126 Å². The van der Waals surface area contributed by atoms with E-state index in [0.717, 1.165) is 24.6 Å². The molecule has 0 atom stereocenters. The second-order valence-electron chi connectivity index (χ2n) is 4.57. The number of carbonyl (C=O) groups excluding carboxylic acids is 1. The summed E-state index contributed by atoms with van der Waals surface area (Å²) in [5.41, 5.74) is 0. The van der Waals surface area contributed by atoms with Gasteiger partial charge in [0.05, 0.1) is 6.54 Å². The first-order valence-electron chi connectivity index (χ1n) is 7.20. The molecule has 2 N–H and O–H groups in total. The molecule has 0 spiro atoms. The van der Waals surface area contributed by atoms with Crippen molar-refractivity contribution in [3.8, 4) is 0 Å². The number of hydrogen-bond acceptors (Lipinski definition) is 6. The second-order valence-corrected chi connectivity index (χ2v) is 4.57. The molecule has 0 aliphatic carbocycles. The Bertz CT molecular complexity index is 453. The largest absolute Gasteiger partial charge is 0.377 e. The van der Waals surface area contributed by atoms with Crippen LogP contribution in [0.2, 0.25) is 0 Å². The van der Waals surface area contributed by atoms with Gasteiger partial charge in [-0.3, -0.25) is 4.79 Å². The fourth-order valence-electron chi connectivity index (χ4n) is 1.79. The van der Waals surface area contributed by atoms with Gasteiger partial charge in [0, 0.05) is 33.3 Å². The Morgan fingerprint density at radius 2 is 2.14 bits per heavy atom. The standard InChI is InChI=1S/C14H25N5O2/c1-5-7-16-11-8-13(18-12(17-11)10-21-4)19(6-2)9-14(20)15-3/h8H,5-7,9-10H2,1-4H3,(H,15,20)(H,16,17,18). The molecule has 21 heavy (non-hydrogen) atoms. The fourth-order valence-corrected chi connectivity index (χ4v) is 1.79. The van der Waals surface area contributed by atoms with Gasteiger partial charge in [-0.2, -0.15) is 0 Å². The molecule has 0 aliphatic rings. The number of anilines is 2. The lowest BCUT2D eigenvalue weighted by molar-refractivity contribution is -0.119. The molecule has 0 radical (unpaired) electrons. The van der Waals surface area contributed by atoms with E-state index in [9.17, 15) is 4.79 Å². The summed E-state index contributed by atoms with van der Waals surface area (Å²) in [4.78, 5) is 22.3. The molecular formula is C14H25N5O2. The zero-order valence-corrected chi connectivity index (χ0v) is 13.3. The number of methoxy groups -OCH3 is 1. The van der Waals surface area contributed by atoms with Crippen molar-refractivity contribution in [2.45, 2.75) is 26.9 Å². The predicted molar refractivity (Wildman–Crippen MR) is 83.5 cm³/mol. The normalized spacial score (nSPS) is 10.3. The molecule has 7 heteroatoms. The number of carbonyl (C=O) groups is 1. The van der Waals surface area contributed by atoms with Crippen molar-refractivity contribution in [3.63, 3.8) is 0 Å². The van der Waals surface area contributed by atoms with Gasteiger partial charge in [-0.25, -0.2) is 9.97 Å². The average Bonchev–Trinajstić information content (AvgIpc) is 2.50. The molecule has 7 nitrogen and oxygen atoms in total. The Morgan fingerprint density at radius 3 is 2.71 bits per heavy atom. The van der Waals surface area contributed by atoms with Crippen molar-refractivity contribution >= 4 is 17.5 Å². The maximum absolute atomic E-state index is 11.6. The van der Waals surface area contributed by atoms with Crippen molar-refractivity contribution in [1.82, 2.24) is 15.3 Å². The smallest absolute Gasteiger partial charge is 0.239 e. The molecule has 0 fully saturated rings. The lowest BCUT2D eigenvalue weighted by Gasteiger charge is -2.22. The third kappa shape index (κ3) is 5.55. The molecule has 1 rings (SSSR count). The molecule has 1 aromatic heterocycles. The first-order chi connectivity index (χ1) is 10.1. The number of ether oxygens (including phenoxy) is 1. The van der Waals surface area contributed by atoms with Gasteiger partial charge in [-0.1, -0.05) is 6.92 Å². The minimum absolute atomic E-state index is 0.0492. The third-order valence-electron chi connectivity index (χ3n) is 2.91. The first kappa shape index (κ1) is 17.2. The van der Waals surface area contributed by atoms with E-state index in [1.807, 2.05) is 17.9 Å². The van der Waals surface area contributed by atoms with Crippen molar-refractivity contribution < 1.29 is 9.53 Å². The zero-order chi connectivity index (χ0) is 15.7. The predicted octanol–water partition coefficient (Wildman–Crippen LogP) is 1.02. The van der Waals surface area contributed by atoms with Crippen LogP contribution in [0.25, 0.3) is 0 Å². The molecule has 1 heterocycles. The molecular weight excluding hydrogens is 270 g/mol. The quantitative estimate of drug-likeness (QED) is 0.708. The zero-order valence-electron chi connectivity index (χ0n) is 13.3. The molecule has 1 amide bonds. The van der Waals surface area contributed by atoms with Gasteiger partial charge in [-0.15, -0.1) is 0 Å². The number of nitrogens with one attached hydrogen (secondary N) is 2. The molecule has 0 bridgehead atoms. The van der Waals surface area contributed by atoms with Gasteiger partial charge >= 0.3 is 0 Å². The molecule has 0 saturated heterocycles. The molecule has 1 aromatic rings. The molecule has 118 valence electrons. The molecule has 0 unspecified atom stereocenters. The van der Waals surface area contributed by atoms with Crippen LogP contribution in [-0.4, -0.2) is 49.7 Å². The van der Waals surface area contributed by atoms with Gasteiger partial charge in [0.25, 0.3) is 0 Å². The van der Waals surface area contributed by atoms with Gasteiger partial charge in [0.1, 0.15) is 18.2 Å². The van der Waals surface area contributed by atoms with E-state index in [2.05, 4.69) is 27.5 Å². The highest BCUT2D eigenvalue weighted by atomic mass is 16.5. The van der Waals surface area contributed by atoms with Crippen LogP contribution in [0.5, 0.6) is 0 Å². The Kier molecular flexibility index (Phi) is 7.45. The lowest BCUT2D eigenvalue weighted by Crippen LogP contribution is -2.36. The van der Waals surface area contributed by atoms with Crippen LogP contribution in [0.4, 0.5) is 11.6 Å². The Hall–Kier alpha value is -1.89. The van der Waals surface area contributed by atoms with Crippen molar-refractivity contribution in [3.05, 3.63) is 11.9 Å². The summed E-state index contributed by atoms with van der Waals surface area (Å²) in [6, 6.07) is 1.86. The van der Waals surface area contributed by atoms with Gasteiger partial charge in [0.15, 0.2) is 5.82 Å². The van der Waals surface area contributed by atoms with E-state index in [1.165, 1.54) is 0 Å². The van der Waals surface area contributed by atoms with Crippen molar-refractivity contribution in [2.24, 2.45) is 0 Å². The Morgan fingerprint density at radius 1 is 1.38 bits per heavy atom. The number of hydrogen-bond donors (Lipinski definition) is 2. The van der Waals surface area contributed by atoms with E-state index in [0.29, 0.717) is 19.0 Å². The number of nitrogens with zero attached hydrogens (tertiary/aromatic N) is 3. The third-order valence-corrected chi connectivity index (χ3v) is 2.91. The summed E-state index contributed by atoms with van der Waals surface area (Å²) in [5.74, 6) is 2.03. The summed E-state index contributed by atoms with van der Waals surface area (Å²) in [5, 5.41) is 5.87. The van der Waals surface area contributed by atoms with Crippen LogP contribution in [0.3, 0.4) is 0 Å². The van der Waals surface area contributed by atoms with E-state index in [-0.39, 0.29) is 12.5 Å². The van der Waals surface area contributed by atoms with Crippen LogP contribution in [0.15, 0.2) is 6.07 Å². The van der Waals surface area contributed by atoms with Crippen molar-refractivity contribution in [2.75, 3.05) is 44.0 Å². The van der Waals surface area contributed by atoms with Crippen LogP contribution >= 0.6 is 0 Å². The number of aromatic nitrogens is 2. The SMILES string of the molecule is CCCNc1cc(N(CC)CC(=O)NC)nc(COC)n1. The monoisotopic (exact) mass is 295 g/mol. The average molecular weight is 295 g/mol. The second kappa shape index (κ2) is 9.12. The first-order valence-corrected chi connectivity index (χ1v) is 7.20. The number of amides is 1. The highest BCUT2D eigenvalue weighted by molar-refractivity contribution is 5.80. The summed E-state index contributed by atoms with van der Waals surface area (Å²) < 4.78 is 5.11. The van der Waals surface area contributed by atoms with E-state index >= 15 is 0 Å². The van der Waals surface area contributed by atoms with Crippen molar-refractivity contribution in [1.29, 1.82) is 0 Å². The molecule has 0 aromatic carbocycles. The number of likely N-dealkylation sites (N-methyl/N-ethyl adjacent to an activating group) is 2. The van der Waals surface area contributed by atoms with Crippen LogP contribution in [0, 0.1) is 0 Å². The van der Waals surface area contributed by atoms with Crippen LogP contribution in [-0.2, 0) is 16.1 Å². The van der Waals surface area contributed by atoms with E-state index in [1.54, 1.807) is 14.2 Å². The summed E-state index contributed by atoms with van der Waals surface area (Å²) in [6.45, 7) is 6.21. The van der Waals surface area contributed by atoms with Crippen LogP contribution < -0.4 is 15.5 Å². The minimum Gasteiger partial charge on any atom is -0.377 e. The summed E-state index contributed by atoms with van der Waals surface area (Å²) in [6.07, 6.45) is 1.01. The minimum atomic E-state index is -0.0492. The maximum Gasteiger partial charge on any atom is 0.239 e. The van der Waals surface area contributed by atoms with E-state index in [4.69, 9.17) is 4.74 Å². The highest BCUT2D eigenvalue weighted by Gasteiger charge is 2.13. The van der Waals surface area contributed by atoms with Gasteiger partial charge in [0.2, 0.25) is 5.91 Å². The topological polar surface area (TPSA) is 79.4 Å². The maximum atomic E-state index is 11.6. The van der Waals surface area contributed by atoms with E-state index < -0.39 is 0 Å². The van der Waals surface area contributed by atoms with Gasteiger partial charge < -0.3 is 20.3 Å². The highest BCUT2D eigenvalue weighted by Crippen LogP contribution is 2.16. The molecule has 0 saturated carbocycles. The Balaban J connectivity index is 3.00. The molecule has 0 aliphatic heterocycles. The fraction of sp³-hybridized carbons (Fsp3) is 0.643.